The highest BCUT2D eigenvalue weighted by Crippen LogP contribution is 2.28. The second kappa shape index (κ2) is 7.42. The molecule has 0 spiro atoms. The van der Waals surface area contributed by atoms with E-state index in [1.807, 2.05) is 12.1 Å². The Morgan fingerprint density at radius 3 is 2.58 bits per heavy atom. The molecule has 1 aromatic rings. The van der Waals surface area contributed by atoms with Crippen LogP contribution in [0.1, 0.15) is 58.3 Å². The Hall–Kier alpha value is -1.10. The normalized spacial score (nSPS) is 37.2. The van der Waals surface area contributed by atoms with Crippen molar-refractivity contribution in [1.82, 2.24) is 0 Å². The monoisotopic (exact) mass is 336 g/mol. The summed E-state index contributed by atoms with van der Waals surface area (Å²) in [4.78, 5) is 0. The number of furan rings is 1. The van der Waals surface area contributed by atoms with E-state index in [-0.39, 0.29) is 6.42 Å². The Kier molecular flexibility index (Phi) is 5.95. The van der Waals surface area contributed by atoms with Crippen molar-refractivity contribution in [2.24, 2.45) is 11.8 Å². The lowest BCUT2D eigenvalue weighted by molar-refractivity contribution is -0.0735. The summed E-state index contributed by atoms with van der Waals surface area (Å²) in [5.41, 5.74) is -1.15. The van der Waals surface area contributed by atoms with Crippen LogP contribution in [0.2, 0.25) is 0 Å². The third-order valence-corrected chi connectivity index (χ3v) is 5.21. The minimum Gasteiger partial charge on any atom is -0.469 e. The molecule has 0 unspecified atom stereocenters. The number of hydrogen-bond donors (Lipinski definition) is 3. The second-order valence-corrected chi connectivity index (χ2v) is 8.17. The van der Waals surface area contributed by atoms with Crippen LogP contribution >= 0.6 is 0 Å². The quantitative estimate of drug-likeness (QED) is 0.688. The average Bonchev–Trinajstić information content (AvgIpc) is 2.90. The molecule has 0 saturated heterocycles. The van der Waals surface area contributed by atoms with Crippen LogP contribution in [-0.2, 0) is 12.8 Å². The van der Waals surface area contributed by atoms with Crippen molar-refractivity contribution in [3.05, 3.63) is 35.8 Å². The first kappa shape index (κ1) is 19.2. The summed E-state index contributed by atoms with van der Waals surface area (Å²) in [6, 6.07) is 1.98. The Bertz CT molecular complexity index is 554. The fourth-order valence-corrected chi connectivity index (χ4v) is 3.26. The molecule has 0 fully saturated rings. The lowest BCUT2D eigenvalue weighted by Gasteiger charge is -2.30. The van der Waals surface area contributed by atoms with Crippen molar-refractivity contribution in [3.8, 4) is 0 Å². The van der Waals surface area contributed by atoms with E-state index >= 15 is 0 Å². The smallest absolute Gasteiger partial charge is 0.107 e. The molecule has 0 amide bonds. The third-order valence-electron chi connectivity index (χ3n) is 5.21. The molecule has 4 atom stereocenters. The molecular formula is C20H32O4. The van der Waals surface area contributed by atoms with E-state index in [2.05, 4.69) is 19.9 Å². The molecule has 136 valence electrons. The van der Waals surface area contributed by atoms with Crippen LogP contribution in [0, 0.1) is 11.8 Å². The van der Waals surface area contributed by atoms with E-state index in [4.69, 9.17) is 4.42 Å². The third kappa shape index (κ3) is 5.20. The number of hydrogen-bond acceptors (Lipinski definition) is 4. The standard InChI is InChI=1S/C20H32O4/c1-14(2)16-6-5-15-11-17(24-13-15)12-20(4,23)18(21)8-10-19(3,22)9-7-16/h7,9,11,13-14,16,18,21-23H,5-6,8,10,12H2,1-4H3/b9-7+/t16-,18-,19-,20+/m1/s1. The van der Waals surface area contributed by atoms with Crippen LogP contribution in [0.25, 0.3) is 0 Å². The number of aryl methyl sites for hydroxylation is 1. The number of aliphatic hydroxyl groups is 3. The molecule has 0 aromatic carbocycles. The van der Waals surface area contributed by atoms with Crippen molar-refractivity contribution in [1.29, 1.82) is 0 Å². The van der Waals surface area contributed by atoms with E-state index in [9.17, 15) is 15.3 Å². The summed E-state index contributed by atoms with van der Waals surface area (Å²) < 4.78 is 5.57. The zero-order valence-electron chi connectivity index (χ0n) is 15.3. The molecule has 1 heterocycles. The fraction of sp³-hybridized carbons (Fsp3) is 0.700. The number of aliphatic hydroxyl groups excluding tert-OH is 1. The Morgan fingerprint density at radius 1 is 1.21 bits per heavy atom. The van der Waals surface area contributed by atoms with Gasteiger partial charge in [-0.1, -0.05) is 26.0 Å². The Balaban J connectivity index is 2.26. The molecular weight excluding hydrogens is 304 g/mol. The maximum Gasteiger partial charge on any atom is 0.107 e. The number of fused-ring (bicyclic) bond motifs is 2. The molecule has 1 aromatic heterocycles. The fourth-order valence-electron chi connectivity index (χ4n) is 3.26. The van der Waals surface area contributed by atoms with E-state index < -0.39 is 17.3 Å². The van der Waals surface area contributed by atoms with Crippen LogP contribution in [0.3, 0.4) is 0 Å². The summed E-state index contributed by atoms with van der Waals surface area (Å²) in [5, 5.41) is 31.5. The summed E-state index contributed by atoms with van der Waals surface area (Å²) in [5.74, 6) is 1.56. The number of allylic oxidation sites excluding steroid dienone is 1. The van der Waals surface area contributed by atoms with Crippen molar-refractivity contribution in [2.45, 2.75) is 77.1 Å². The zero-order chi connectivity index (χ0) is 18.0. The first-order valence-electron chi connectivity index (χ1n) is 8.97. The second-order valence-electron chi connectivity index (χ2n) is 8.17. The molecule has 0 aliphatic heterocycles. The van der Waals surface area contributed by atoms with Gasteiger partial charge in [0.15, 0.2) is 0 Å². The van der Waals surface area contributed by atoms with Gasteiger partial charge in [-0.15, -0.1) is 0 Å². The van der Waals surface area contributed by atoms with Gasteiger partial charge in [-0.3, -0.25) is 0 Å². The predicted molar refractivity (Wildman–Crippen MR) is 94.7 cm³/mol. The zero-order valence-corrected chi connectivity index (χ0v) is 15.3. The van der Waals surface area contributed by atoms with Gasteiger partial charge in [-0.05, 0) is 63.0 Å². The van der Waals surface area contributed by atoms with Gasteiger partial charge in [0.05, 0.1) is 23.6 Å². The summed E-state index contributed by atoms with van der Waals surface area (Å²) >= 11 is 0. The van der Waals surface area contributed by atoms with Crippen LogP contribution in [0.15, 0.2) is 28.9 Å². The number of rotatable bonds is 1. The molecule has 1 aliphatic rings. The lowest BCUT2D eigenvalue weighted by Crippen LogP contribution is -2.42. The summed E-state index contributed by atoms with van der Waals surface area (Å²) in [7, 11) is 0. The Morgan fingerprint density at radius 2 is 1.92 bits per heavy atom. The average molecular weight is 336 g/mol. The van der Waals surface area contributed by atoms with E-state index in [1.54, 1.807) is 20.1 Å². The van der Waals surface area contributed by atoms with Gasteiger partial charge >= 0.3 is 0 Å². The van der Waals surface area contributed by atoms with Crippen molar-refractivity contribution in [2.75, 3.05) is 0 Å². The van der Waals surface area contributed by atoms with E-state index in [0.717, 1.165) is 18.4 Å². The maximum absolute atomic E-state index is 10.6. The molecule has 4 nitrogen and oxygen atoms in total. The van der Waals surface area contributed by atoms with Gasteiger partial charge in [0.2, 0.25) is 0 Å². The largest absolute Gasteiger partial charge is 0.469 e. The van der Waals surface area contributed by atoms with E-state index in [1.165, 1.54) is 0 Å². The van der Waals surface area contributed by atoms with Crippen LogP contribution in [0.4, 0.5) is 0 Å². The Labute approximate surface area is 145 Å². The molecule has 1 aliphatic carbocycles. The van der Waals surface area contributed by atoms with Gasteiger partial charge in [0, 0.05) is 6.42 Å². The van der Waals surface area contributed by atoms with Crippen molar-refractivity contribution >= 4 is 0 Å². The lowest BCUT2D eigenvalue weighted by atomic mass is 9.84. The molecule has 3 N–H and O–H groups in total. The first-order chi connectivity index (χ1) is 11.1. The van der Waals surface area contributed by atoms with Gasteiger partial charge in [0.25, 0.3) is 0 Å². The first-order valence-corrected chi connectivity index (χ1v) is 8.97. The summed E-state index contributed by atoms with van der Waals surface area (Å²) in [6.07, 6.45) is 7.64. The maximum atomic E-state index is 10.6. The van der Waals surface area contributed by atoms with Crippen LogP contribution in [0.5, 0.6) is 0 Å². The minimum absolute atomic E-state index is 0.264. The van der Waals surface area contributed by atoms with E-state index in [0.29, 0.717) is 30.4 Å². The van der Waals surface area contributed by atoms with Crippen molar-refractivity contribution < 1.29 is 19.7 Å². The van der Waals surface area contributed by atoms with Gasteiger partial charge in [0.1, 0.15) is 5.76 Å². The van der Waals surface area contributed by atoms with Gasteiger partial charge < -0.3 is 19.7 Å². The van der Waals surface area contributed by atoms with Gasteiger partial charge in [-0.2, -0.15) is 0 Å². The molecule has 2 rings (SSSR count). The molecule has 2 bridgehead atoms. The molecule has 0 saturated carbocycles. The topological polar surface area (TPSA) is 73.8 Å². The highest BCUT2D eigenvalue weighted by atomic mass is 16.4. The minimum atomic E-state index is -1.28. The highest BCUT2D eigenvalue weighted by molar-refractivity contribution is 5.16. The van der Waals surface area contributed by atoms with Gasteiger partial charge in [-0.25, -0.2) is 0 Å². The summed E-state index contributed by atoms with van der Waals surface area (Å²) in [6.45, 7) is 7.75. The van der Waals surface area contributed by atoms with Crippen molar-refractivity contribution in [3.63, 3.8) is 0 Å². The highest BCUT2D eigenvalue weighted by Gasteiger charge is 2.33. The molecule has 24 heavy (non-hydrogen) atoms. The predicted octanol–water partition coefficient (Wildman–Crippen LogP) is 3.24. The van der Waals surface area contributed by atoms with Crippen LogP contribution in [-0.4, -0.2) is 32.6 Å². The molecule has 0 radical (unpaired) electrons. The SMILES string of the molecule is CC(C)[C@H]1/C=C/[C@@](C)(O)CC[C@@H](O)[C@@](C)(O)Cc2cc(co2)CC1. The molecule has 4 heteroatoms. The van der Waals surface area contributed by atoms with Crippen LogP contribution < -0.4 is 0 Å².